The van der Waals surface area contributed by atoms with Crippen molar-refractivity contribution in [3.63, 3.8) is 0 Å². The highest BCUT2D eigenvalue weighted by molar-refractivity contribution is 7.13. The predicted molar refractivity (Wildman–Crippen MR) is 52.8 cm³/mol. The smallest absolute Gasteiger partial charge is 0.229 e. The van der Waals surface area contributed by atoms with E-state index in [1.807, 2.05) is 5.38 Å². The fraction of sp³-hybridized carbons (Fsp3) is 0.556. The molecule has 1 fully saturated rings. The Morgan fingerprint density at radius 2 is 2.54 bits per heavy atom. The summed E-state index contributed by atoms with van der Waals surface area (Å²) in [6.45, 7) is 2.06. The molecule has 0 atom stereocenters. The van der Waals surface area contributed by atoms with Gasteiger partial charge in [0.2, 0.25) is 5.91 Å². The van der Waals surface area contributed by atoms with E-state index in [0.29, 0.717) is 0 Å². The van der Waals surface area contributed by atoms with Gasteiger partial charge in [-0.3, -0.25) is 4.79 Å². The highest BCUT2D eigenvalue weighted by Gasteiger charge is 2.29. The van der Waals surface area contributed by atoms with Crippen LogP contribution in [0.3, 0.4) is 0 Å². The van der Waals surface area contributed by atoms with E-state index in [0.717, 1.165) is 30.1 Å². The van der Waals surface area contributed by atoms with Crippen LogP contribution in [0.1, 0.15) is 25.5 Å². The van der Waals surface area contributed by atoms with Crippen molar-refractivity contribution in [1.29, 1.82) is 0 Å². The van der Waals surface area contributed by atoms with Crippen LogP contribution in [0.4, 0.5) is 5.13 Å². The van der Waals surface area contributed by atoms with Crippen LogP contribution < -0.4 is 5.32 Å². The molecule has 1 saturated carbocycles. The van der Waals surface area contributed by atoms with Gasteiger partial charge in [0, 0.05) is 11.3 Å². The van der Waals surface area contributed by atoms with Crippen molar-refractivity contribution in [3.8, 4) is 0 Å². The Hall–Kier alpha value is -0.900. The molecule has 1 heterocycles. The van der Waals surface area contributed by atoms with Crippen molar-refractivity contribution in [2.24, 2.45) is 5.92 Å². The lowest BCUT2D eigenvalue weighted by Crippen LogP contribution is -2.12. The maximum Gasteiger partial charge on any atom is 0.229 e. The molecular weight excluding hydrogens is 184 g/mol. The summed E-state index contributed by atoms with van der Waals surface area (Å²) >= 11 is 1.50. The van der Waals surface area contributed by atoms with Gasteiger partial charge in [0.25, 0.3) is 0 Å². The summed E-state index contributed by atoms with van der Waals surface area (Å²) in [6.07, 6.45) is 3.01. The molecule has 70 valence electrons. The molecule has 1 aromatic rings. The average Bonchev–Trinajstić information content (AvgIpc) is 2.88. The maximum absolute atomic E-state index is 11.3. The number of rotatable bonds is 3. The highest BCUT2D eigenvalue weighted by atomic mass is 32.1. The molecule has 0 unspecified atom stereocenters. The molecule has 2 rings (SSSR count). The maximum atomic E-state index is 11.3. The molecule has 13 heavy (non-hydrogen) atoms. The standard InChI is InChI=1S/C9H12N2OS/c1-2-7-5-13-9(10-7)11-8(12)6-3-4-6/h5-6H,2-4H2,1H3,(H,10,11,12). The zero-order chi connectivity index (χ0) is 9.26. The molecular formula is C9H12N2OS. The topological polar surface area (TPSA) is 42.0 Å². The van der Waals surface area contributed by atoms with E-state index in [9.17, 15) is 4.79 Å². The number of aryl methyl sites for hydroxylation is 1. The van der Waals surface area contributed by atoms with Gasteiger partial charge in [-0.05, 0) is 19.3 Å². The molecule has 1 amide bonds. The van der Waals surface area contributed by atoms with Gasteiger partial charge < -0.3 is 5.32 Å². The molecule has 0 bridgehead atoms. The van der Waals surface area contributed by atoms with E-state index < -0.39 is 0 Å². The van der Waals surface area contributed by atoms with Crippen LogP contribution in [0.15, 0.2) is 5.38 Å². The first-order valence-corrected chi connectivity index (χ1v) is 5.43. The van der Waals surface area contributed by atoms with Gasteiger partial charge in [-0.15, -0.1) is 11.3 Å². The van der Waals surface area contributed by atoms with Gasteiger partial charge in [-0.1, -0.05) is 6.92 Å². The molecule has 1 N–H and O–H groups in total. The third-order valence-electron chi connectivity index (χ3n) is 2.09. The monoisotopic (exact) mass is 196 g/mol. The van der Waals surface area contributed by atoms with Crippen molar-refractivity contribution >= 4 is 22.4 Å². The van der Waals surface area contributed by atoms with E-state index in [2.05, 4.69) is 17.2 Å². The third-order valence-corrected chi connectivity index (χ3v) is 2.90. The Morgan fingerprint density at radius 1 is 1.77 bits per heavy atom. The summed E-state index contributed by atoms with van der Waals surface area (Å²) in [5.41, 5.74) is 1.05. The van der Waals surface area contributed by atoms with Gasteiger partial charge in [0.15, 0.2) is 5.13 Å². The first-order chi connectivity index (χ1) is 6.29. The van der Waals surface area contributed by atoms with E-state index in [1.54, 1.807) is 0 Å². The summed E-state index contributed by atoms with van der Waals surface area (Å²) in [6, 6.07) is 0. The van der Waals surface area contributed by atoms with Gasteiger partial charge in [0.05, 0.1) is 5.69 Å². The molecule has 0 aliphatic heterocycles. The highest BCUT2D eigenvalue weighted by Crippen LogP contribution is 2.30. The second kappa shape index (κ2) is 3.46. The Bertz CT molecular complexity index is 317. The molecule has 1 aliphatic carbocycles. The summed E-state index contributed by atoms with van der Waals surface area (Å²) in [4.78, 5) is 15.6. The molecule has 1 aliphatic rings. The largest absolute Gasteiger partial charge is 0.302 e. The molecule has 3 nitrogen and oxygen atoms in total. The summed E-state index contributed by atoms with van der Waals surface area (Å²) in [7, 11) is 0. The molecule has 1 aromatic heterocycles. The van der Waals surface area contributed by atoms with E-state index in [-0.39, 0.29) is 11.8 Å². The second-order valence-electron chi connectivity index (χ2n) is 3.26. The lowest BCUT2D eigenvalue weighted by Gasteiger charge is -1.97. The molecule has 4 heteroatoms. The van der Waals surface area contributed by atoms with Gasteiger partial charge in [-0.25, -0.2) is 4.98 Å². The number of carbonyl (C=O) groups is 1. The number of hydrogen-bond acceptors (Lipinski definition) is 3. The van der Waals surface area contributed by atoms with Crippen molar-refractivity contribution in [2.45, 2.75) is 26.2 Å². The molecule has 0 radical (unpaired) electrons. The Labute approximate surface area is 81.2 Å². The number of anilines is 1. The van der Waals surface area contributed by atoms with Gasteiger partial charge in [-0.2, -0.15) is 0 Å². The van der Waals surface area contributed by atoms with Crippen LogP contribution >= 0.6 is 11.3 Å². The zero-order valence-electron chi connectivity index (χ0n) is 7.54. The molecule has 0 aromatic carbocycles. The minimum absolute atomic E-state index is 0.136. The average molecular weight is 196 g/mol. The first-order valence-electron chi connectivity index (χ1n) is 4.55. The number of amides is 1. The van der Waals surface area contributed by atoms with Crippen molar-refractivity contribution < 1.29 is 4.79 Å². The number of carbonyl (C=O) groups excluding carboxylic acids is 1. The fourth-order valence-electron chi connectivity index (χ4n) is 1.08. The molecule has 0 spiro atoms. The minimum atomic E-state index is 0.136. The van der Waals surface area contributed by atoms with Crippen molar-refractivity contribution in [2.75, 3.05) is 5.32 Å². The second-order valence-corrected chi connectivity index (χ2v) is 4.12. The van der Waals surface area contributed by atoms with Crippen molar-refractivity contribution in [1.82, 2.24) is 4.98 Å². The van der Waals surface area contributed by atoms with E-state index in [4.69, 9.17) is 0 Å². The Morgan fingerprint density at radius 3 is 3.08 bits per heavy atom. The Balaban J connectivity index is 1.96. The Kier molecular flexibility index (Phi) is 2.31. The van der Waals surface area contributed by atoms with Crippen molar-refractivity contribution in [3.05, 3.63) is 11.1 Å². The van der Waals surface area contributed by atoms with E-state index >= 15 is 0 Å². The van der Waals surface area contributed by atoms with Gasteiger partial charge in [0.1, 0.15) is 0 Å². The lowest BCUT2D eigenvalue weighted by molar-refractivity contribution is -0.117. The number of thiazole rings is 1. The minimum Gasteiger partial charge on any atom is -0.302 e. The third kappa shape index (κ3) is 2.06. The van der Waals surface area contributed by atoms with Crippen LogP contribution in [-0.4, -0.2) is 10.9 Å². The number of aromatic nitrogens is 1. The molecule has 0 saturated heterocycles. The van der Waals surface area contributed by atoms with Gasteiger partial charge >= 0.3 is 0 Å². The normalized spacial score (nSPS) is 15.8. The summed E-state index contributed by atoms with van der Waals surface area (Å²) in [5, 5.41) is 5.56. The SMILES string of the molecule is CCc1csc(NC(=O)C2CC2)n1. The number of nitrogens with zero attached hydrogens (tertiary/aromatic N) is 1. The quantitative estimate of drug-likeness (QED) is 0.804. The lowest BCUT2D eigenvalue weighted by atomic mass is 10.4. The van der Waals surface area contributed by atoms with Crippen LogP contribution in [0.5, 0.6) is 0 Å². The predicted octanol–water partition coefficient (Wildman–Crippen LogP) is 2.05. The van der Waals surface area contributed by atoms with Crippen LogP contribution in [0.2, 0.25) is 0 Å². The first kappa shape index (κ1) is 8.69. The van der Waals surface area contributed by atoms with Crippen LogP contribution in [0.25, 0.3) is 0 Å². The summed E-state index contributed by atoms with van der Waals surface area (Å²) < 4.78 is 0. The zero-order valence-corrected chi connectivity index (χ0v) is 8.36. The summed E-state index contributed by atoms with van der Waals surface area (Å²) in [5.74, 6) is 0.394. The fourth-order valence-corrected chi connectivity index (χ4v) is 1.88. The van der Waals surface area contributed by atoms with Crippen LogP contribution in [0, 0.1) is 5.92 Å². The number of nitrogens with one attached hydrogen (secondary N) is 1. The number of hydrogen-bond donors (Lipinski definition) is 1. The van der Waals surface area contributed by atoms with E-state index in [1.165, 1.54) is 11.3 Å². The van der Waals surface area contributed by atoms with Crippen LogP contribution in [-0.2, 0) is 11.2 Å².